The molecule has 0 bridgehead atoms. The molecule has 3 rings (SSSR count). The van der Waals surface area contributed by atoms with Crippen LogP contribution >= 0.6 is 11.3 Å². The van der Waals surface area contributed by atoms with Gasteiger partial charge in [0.1, 0.15) is 11.6 Å². The summed E-state index contributed by atoms with van der Waals surface area (Å²) in [6, 6.07) is 3.69. The van der Waals surface area contributed by atoms with Gasteiger partial charge in [-0.05, 0) is 19.1 Å². The van der Waals surface area contributed by atoms with Crippen LogP contribution in [0, 0.1) is 6.92 Å². The number of aromatic nitrogens is 3. The van der Waals surface area contributed by atoms with E-state index in [1.54, 1.807) is 5.38 Å². The molecule has 1 N–H and O–H groups in total. The van der Waals surface area contributed by atoms with Crippen LogP contribution in [-0.2, 0) is 17.6 Å². The van der Waals surface area contributed by atoms with Gasteiger partial charge in [-0.15, -0.1) is 11.3 Å². The van der Waals surface area contributed by atoms with Crippen LogP contribution in [0.3, 0.4) is 0 Å². The van der Waals surface area contributed by atoms with E-state index in [0.717, 1.165) is 15.3 Å². The number of thiazole rings is 1. The van der Waals surface area contributed by atoms with Gasteiger partial charge in [0.05, 0.1) is 12.1 Å². The molecular formula is C16H16F2N4O2S. The molecule has 0 aliphatic carbocycles. The number of alkyl halides is 2. The Hall–Kier alpha value is -2.55. The van der Waals surface area contributed by atoms with E-state index in [1.165, 1.54) is 23.7 Å². The van der Waals surface area contributed by atoms with Crippen molar-refractivity contribution in [3.8, 4) is 10.8 Å². The summed E-state index contributed by atoms with van der Waals surface area (Å²) in [7, 11) is 0. The summed E-state index contributed by atoms with van der Waals surface area (Å²) in [5.41, 5.74) is 0.639. The predicted molar refractivity (Wildman–Crippen MR) is 88.5 cm³/mol. The van der Waals surface area contributed by atoms with Crippen LogP contribution in [-0.4, -0.2) is 27.0 Å². The van der Waals surface area contributed by atoms with E-state index in [4.69, 9.17) is 4.42 Å². The number of furan rings is 1. The highest BCUT2D eigenvalue weighted by Gasteiger charge is 2.13. The molecule has 0 saturated heterocycles. The second-order valence-corrected chi connectivity index (χ2v) is 6.22. The second kappa shape index (κ2) is 7.56. The van der Waals surface area contributed by atoms with Gasteiger partial charge in [0.25, 0.3) is 0 Å². The molecule has 3 heterocycles. The fourth-order valence-corrected chi connectivity index (χ4v) is 3.09. The lowest BCUT2D eigenvalue weighted by molar-refractivity contribution is -0.120. The summed E-state index contributed by atoms with van der Waals surface area (Å²) in [5, 5.41) is 5.21. The highest BCUT2D eigenvalue weighted by molar-refractivity contribution is 7.13. The molecule has 0 fully saturated rings. The molecule has 0 spiro atoms. The first kappa shape index (κ1) is 17.3. The van der Waals surface area contributed by atoms with Crippen LogP contribution in [0.4, 0.5) is 8.78 Å². The molecule has 0 aliphatic rings. The number of hydrogen-bond donors (Lipinski definition) is 1. The molecule has 0 saturated carbocycles. The van der Waals surface area contributed by atoms with Gasteiger partial charge in [-0.25, -0.2) is 9.97 Å². The number of aryl methyl sites for hydroxylation is 1. The van der Waals surface area contributed by atoms with Crippen LogP contribution in [0.1, 0.15) is 23.8 Å². The lowest BCUT2D eigenvalue weighted by Crippen LogP contribution is -2.28. The van der Waals surface area contributed by atoms with Crippen molar-refractivity contribution in [1.29, 1.82) is 0 Å². The largest absolute Gasteiger partial charge is 0.459 e. The number of nitrogens with one attached hydrogen (secondary N) is 1. The van der Waals surface area contributed by atoms with Gasteiger partial charge in [0.2, 0.25) is 5.91 Å². The van der Waals surface area contributed by atoms with Crippen molar-refractivity contribution in [2.75, 3.05) is 6.54 Å². The fourth-order valence-electron chi connectivity index (χ4n) is 2.31. The van der Waals surface area contributed by atoms with E-state index in [2.05, 4.69) is 15.3 Å². The van der Waals surface area contributed by atoms with Crippen molar-refractivity contribution in [2.45, 2.75) is 26.3 Å². The highest BCUT2D eigenvalue weighted by Crippen LogP contribution is 2.25. The van der Waals surface area contributed by atoms with Gasteiger partial charge >= 0.3 is 6.55 Å². The summed E-state index contributed by atoms with van der Waals surface area (Å²) in [6.45, 7) is -0.547. The quantitative estimate of drug-likeness (QED) is 0.697. The maximum absolute atomic E-state index is 12.7. The van der Waals surface area contributed by atoms with Gasteiger partial charge in [-0.2, -0.15) is 8.78 Å². The van der Waals surface area contributed by atoms with E-state index < -0.39 is 6.55 Å². The summed E-state index contributed by atoms with van der Waals surface area (Å²) in [5.74, 6) is 1.49. The number of imidazole rings is 1. The zero-order valence-electron chi connectivity index (χ0n) is 13.4. The van der Waals surface area contributed by atoms with Crippen molar-refractivity contribution in [3.63, 3.8) is 0 Å². The molecule has 0 aromatic carbocycles. The van der Waals surface area contributed by atoms with Gasteiger partial charge in [0, 0.05) is 30.7 Å². The average Bonchev–Trinajstić information content (AvgIpc) is 3.27. The van der Waals surface area contributed by atoms with Gasteiger partial charge in [-0.1, -0.05) is 0 Å². The van der Waals surface area contributed by atoms with Crippen LogP contribution in [0.15, 0.2) is 34.3 Å². The molecule has 1 amide bonds. The first-order valence-corrected chi connectivity index (χ1v) is 8.48. The summed E-state index contributed by atoms with van der Waals surface area (Å²) < 4.78 is 31.7. The number of carbonyl (C=O) groups excluding carboxylic acids is 1. The molecule has 0 unspecified atom stereocenters. The van der Waals surface area contributed by atoms with Gasteiger partial charge < -0.3 is 9.73 Å². The van der Waals surface area contributed by atoms with Crippen LogP contribution in [0.5, 0.6) is 0 Å². The molecule has 6 nitrogen and oxygen atoms in total. The zero-order valence-corrected chi connectivity index (χ0v) is 14.2. The maximum atomic E-state index is 12.7. The number of amides is 1. The predicted octanol–water partition coefficient (Wildman–Crippen LogP) is 3.20. The smallest absolute Gasteiger partial charge is 0.319 e. The third-order valence-electron chi connectivity index (χ3n) is 3.47. The Morgan fingerprint density at radius 2 is 2.28 bits per heavy atom. The maximum Gasteiger partial charge on any atom is 0.319 e. The Morgan fingerprint density at radius 3 is 3.00 bits per heavy atom. The molecule has 25 heavy (non-hydrogen) atoms. The lowest BCUT2D eigenvalue weighted by atomic mass is 10.3. The first-order chi connectivity index (χ1) is 12.0. The Bertz CT molecular complexity index is 856. The van der Waals surface area contributed by atoms with Crippen molar-refractivity contribution < 1.29 is 18.0 Å². The van der Waals surface area contributed by atoms with E-state index in [-0.39, 0.29) is 31.1 Å². The Labute approximate surface area is 146 Å². The van der Waals surface area contributed by atoms with Crippen molar-refractivity contribution in [1.82, 2.24) is 19.9 Å². The molecule has 0 atom stereocenters. The van der Waals surface area contributed by atoms with E-state index in [9.17, 15) is 13.6 Å². The number of rotatable bonds is 7. The minimum Gasteiger partial charge on any atom is -0.459 e. The van der Waals surface area contributed by atoms with Crippen molar-refractivity contribution >= 4 is 17.2 Å². The number of carbonyl (C=O) groups is 1. The molecule has 3 aromatic rings. The molecule has 3 aromatic heterocycles. The Kier molecular flexibility index (Phi) is 5.22. The molecular weight excluding hydrogens is 350 g/mol. The summed E-state index contributed by atoms with van der Waals surface area (Å²) in [6.07, 6.45) is 2.89. The molecule has 132 valence electrons. The number of halogens is 2. The highest BCUT2D eigenvalue weighted by atomic mass is 32.1. The van der Waals surface area contributed by atoms with E-state index in [0.29, 0.717) is 11.5 Å². The minimum atomic E-state index is -2.63. The second-order valence-electron chi connectivity index (χ2n) is 5.36. The molecule has 9 heteroatoms. The number of nitrogens with zero attached hydrogens (tertiary/aromatic N) is 3. The Morgan fingerprint density at radius 1 is 1.44 bits per heavy atom. The van der Waals surface area contributed by atoms with Crippen LogP contribution in [0.25, 0.3) is 10.8 Å². The SMILES string of the molecule is Cc1ccc(-c2nc(CC(=O)NCCc3nccn3C(F)F)cs2)o1. The average molecular weight is 366 g/mol. The monoisotopic (exact) mass is 366 g/mol. The summed E-state index contributed by atoms with van der Waals surface area (Å²) >= 11 is 1.40. The van der Waals surface area contributed by atoms with E-state index >= 15 is 0 Å². The van der Waals surface area contributed by atoms with Crippen LogP contribution < -0.4 is 5.32 Å². The van der Waals surface area contributed by atoms with Gasteiger partial charge in [0.15, 0.2) is 10.8 Å². The number of hydrogen-bond acceptors (Lipinski definition) is 5. The topological polar surface area (TPSA) is 73.0 Å². The zero-order chi connectivity index (χ0) is 17.8. The minimum absolute atomic E-state index is 0.124. The molecule has 0 radical (unpaired) electrons. The van der Waals surface area contributed by atoms with Crippen molar-refractivity contribution in [3.05, 3.63) is 47.2 Å². The van der Waals surface area contributed by atoms with Crippen molar-refractivity contribution in [2.24, 2.45) is 0 Å². The van der Waals surface area contributed by atoms with E-state index in [1.807, 2.05) is 19.1 Å². The normalized spacial score (nSPS) is 11.2. The lowest BCUT2D eigenvalue weighted by Gasteiger charge is -2.07. The van der Waals surface area contributed by atoms with Gasteiger partial charge in [-0.3, -0.25) is 9.36 Å². The van der Waals surface area contributed by atoms with Crippen LogP contribution in [0.2, 0.25) is 0 Å². The standard InChI is InChI=1S/C16H16F2N4O2S/c1-10-2-3-12(24-10)15-21-11(9-25-15)8-14(23)20-5-4-13-19-6-7-22(13)16(17)18/h2-3,6-7,9,16H,4-5,8H2,1H3,(H,20,23). The first-order valence-electron chi connectivity index (χ1n) is 7.60. The third kappa shape index (κ3) is 4.30. The molecule has 0 aliphatic heterocycles. The fraction of sp³-hybridized carbons (Fsp3) is 0.312. The Balaban J connectivity index is 1.50. The summed E-state index contributed by atoms with van der Waals surface area (Å²) in [4.78, 5) is 20.2. The third-order valence-corrected chi connectivity index (χ3v) is 4.38.